The first kappa shape index (κ1) is 14.8. The van der Waals surface area contributed by atoms with Crippen molar-refractivity contribution in [1.29, 1.82) is 0 Å². The van der Waals surface area contributed by atoms with Gasteiger partial charge < -0.3 is 10.6 Å². The van der Waals surface area contributed by atoms with Crippen molar-refractivity contribution in [3.63, 3.8) is 0 Å². The van der Waals surface area contributed by atoms with Gasteiger partial charge in [-0.25, -0.2) is 4.68 Å². The third kappa shape index (κ3) is 3.74. The van der Waals surface area contributed by atoms with Gasteiger partial charge in [0.15, 0.2) is 0 Å². The van der Waals surface area contributed by atoms with Gasteiger partial charge in [-0.2, -0.15) is 5.10 Å². The van der Waals surface area contributed by atoms with Gasteiger partial charge in [0, 0.05) is 12.7 Å². The minimum absolute atomic E-state index is 0.0500. The molecule has 5 heteroatoms. The number of benzene rings is 1. The van der Waals surface area contributed by atoms with E-state index in [2.05, 4.69) is 15.7 Å². The number of nitrogens with one attached hydrogen (secondary N) is 2. The van der Waals surface area contributed by atoms with Gasteiger partial charge in [0.05, 0.1) is 17.4 Å². The van der Waals surface area contributed by atoms with Crippen LogP contribution in [0.4, 0.5) is 0 Å². The van der Waals surface area contributed by atoms with Gasteiger partial charge in [-0.15, -0.1) is 0 Å². The van der Waals surface area contributed by atoms with E-state index in [1.54, 1.807) is 17.1 Å². The molecule has 116 valence electrons. The molecule has 2 heterocycles. The summed E-state index contributed by atoms with van der Waals surface area (Å²) < 4.78 is 1.72. The van der Waals surface area contributed by atoms with E-state index in [1.807, 2.05) is 30.3 Å². The summed E-state index contributed by atoms with van der Waals surface area (Å²) in [6.45, 7) is 2.92. The Hall–Kier alpha value is -2.14. The third-order valence-corrected chi connectivity index (χ3v) is 4.10. The van der Waals surface area contributed by atoms with Crippen LogP contribution in [0.3, 0.4) is 0 Å². The van der Waals surface area contributed by atoms with E-state index in [0.29, 0.717) is 11.5 Å². The fourth-order valence-electron chi connectivity index (χ4n) is 2.82. The Bertz CT molecular complexity index is 602. The van der Waals surface area contributed by atoms with Gasteiger partial charge in [0.1, 0.15) is 0 Å². The zero-order valence-corrected chi connectivity index (χ0v) is 12.7. The van der Waals surface area contributed by atoms with E-state index in [-0.39, 0.29) is 5.91 Å². The van der Waals surface area contributed by atoms with Crippen molar-refractivity contribution in [3.05, 3.63) is 48.3 Å². The summed E-state index contributed by atoms with van der Waals surface area (Å²) in [7, 11) is 0. The van der Waals surface area contributed by atoms with Crippen LogP contribution >= 0.6 is 0 Å². The van der Waals surface area contributed by atoms with Gasteiger partial charge in [-0.3, -0.25) is 4.79 Å². The second kappa shape index (κ2) is 7.22. The fourth-order valence-corrected chi connectivity index (χ4v) is 2.82. The smallest absolute Gasteiger partial charge is 0.254 e. The number of carbonyl (C=O) groups is 1. The molecule has 2 aromatic rings. The van der Waals surface area contributed by atoms with Crippen LogP contribution in [0, 0.1) is 5.92 Å². The lowest BCUT2D eigenvalue weighted by atomic mass is 9.96. The molecular formula is C17H22N4O. The summed E-state index contributed by atoms with van der Waals surface area (Å²) in [5.41, 5.74) is 1.56. The van der Waals surface area contributed by atoms with E-state index in [4.69, 9.17) is 0 Å². The van der Waals surface area contributed by atoms with Crippen molar-refractivity contribution in [1.82, 2.24) is 20.4 Å². The molecule has 0 spiro atoms. The molecule has 1 unspecified atom stereocenters. The normalized spacial score (nSPS) is 18.1. The highest BCUT2D eigenvalue weighted by molar-refractivity contribution is 5.93. The van der Waals surface area contributed by atoms with E-state index in [1.165, 1.54) is 12.8 Å². The van der Waals surface area contributed by atoms with Gasteiger partial charge in [0.25, 0.3) is 5.91 Å². The van der Waals surface area contributed by atoms with Crippen LogP contribution in [0.15, 0.2) is 42.7 Å². The molecule has 1 fully saturated rings. The Morgan fingerprint density at radius 3 is 3.00 bits per heavy atom. The molecule has 0 radical (unpaired) electrons. The van der Waals surface area contributed by atoms with Crippen LogP contribution in [-0.4, -0.2) is 35.3 Å². The molecule has 1 atom stereocenters. The molecule has 1 aromatic carbocycles. The van der Waals surface area contributed by atoms with Gasteiger partial charge in [-0.1, -0.05) is 18.2 Å². The number of aromatic nitrogens is 2. The highest BCUT2D eigenvalue weighted by Gasteiger charge is 2.14. The predicted octanol–water partition coefficient (Wildman–Crippen LogP) is 1.99. The molecule has 22 heavy (non-hydrogen) atoms. The van der Waals surface area contributed by atoms with Crippen LogP contribution in [0.5, 0.6) is 0 Å². The number of hydrogen-bond donors (Lipinski definition) is 2. The molecular weight excluding hydrogens is 276 g/mol. The maximum Gasteiger partial charge on any atom is 0.254 e. The predicted molar refractivity (Wildman–Crippen MR) is 86.1 cm³/mol. The topological polar surface area (TPSA) is 59.0 Å². The molecule has 1 aliphatic rings. The van der Waals surface area contributed by atoms with Crippen molar-refractivity contribution >= 4 is 5.91 Å². The summed E-state index contributed by atoms with van der Waals surface area (Å²) in [6.07, 6.45) is 6.92. The lowest BCUT2D eigenvalue weighted by Crippen LogP contribution is -2.33. The van der Waals surface area contributed by atoms with E-state index < -0.39 is 0 Å². The van der Waals surface area contributed by atoms with Crippen molar-refractivity contribution in [2.75, 3.05) is 19.6 Å². The minimum Gasteiger partial charge on any atom is -0.352 e. The number of nitrogens with zero attached hydrogens (tertiary/aromatic N) is 2. The largest absolute Gasteiger partial charge is 0.352 e. The molecule has 0 aliphatic carbocycles. The summed E-state index contributed by atoms with van der Waals surface area (Å²) in [5, 5.41) is 10.6. The number of amides is 1. The van der Waals surface area contributed by atoms with Crippen LogP contribution in [0.25, 0.3) is 5.69 Å². The monoisotopic (exact) mass is 298 g/mol. The molecule has 3 rings (SSSR count). The Morgan fingerprint density at radius 2 is 2.23 bits per heavy atom. The van der Waals surface area contributed by atoms with E-state index in [9.17, 15) is 4.79 Å². The zero-order valence-electron chi connectivity index (χ0n) is 12.7. The van der Waals surface area contributed by atoms with Gasteiger partial charge in [-0.05, 0) is 50.4 Å². The quantitative estimate of drug-likeness (QED) is 0.887. The van der Waals surface area contributed by atoms with Crippen molar-refractivity contribution < 1.29 is 4.79 Å². The van der Waals surface area contributed by atoms with Crippen molar-refractivity contribution in [2.24, 2.45) is 5.92 Å². The highest BCUT2D eigenvalue weighted by atomic mass is 16.1. The maximum atomic E-state index is 12.2. The second-order valence-corrected chi connectivity index (χ2v) is 5.77. The maximum absolute atomic E-state index is 12.2. The number of para-hydroxylation sites is 1. The first-order valence-corrected chi connectivity index (χ1v) is 7.92. The standard InChI is InChI=1S/C17H22N4O/c22-17(19-10-8-14-5-4-9-18-11-14)15-12-20-21(13-15)16-6-2-1-3-7-16/h1-3,6-7,12-14,18H,4-5,8-11H2,(H,19,22). The molecule has 2 N–H and O–H groups in total. The summed E-state index contributed by atoms with van der Waals surface area (Å²) in [6, 6.07) is 9.79. The SMILES string of the molecule is O=C(NCCC1CCCNC1)c1cnn(-c2ccccc2)c1. The Kier molecular flexibility index (Phi) is 4.85. The minimum atomic E-state index is -0.0500. The average molecular weight is 298 g/mol. The first-order valence-electron chi connectivity index (χ1n) is 7.92. The van der Waals surface area contributed by atoms with Gasteiger partial charge >= 0.3 is 0 Å². The summed E-state index contributed by atoms with van der Waals surface area (Å²) in [5.74, 6) is 0.632. The van der Waals surface area contributed by atoms with E-state index >= 15 is 0 Å². The molecule has 0 bridgehead atoms. The fraction of sp³-hybridized carbons (Fsp3) is 0.412. The Morgan fingerprint density at radius 1 is 1.36 bits per heavy atom. The van der Waals surface area contributed by atoms with Gasteiger partial charge in [0.2, 0.25) is 0 Å². The number of hydrogen-bond acceptors (Lipinski definition) is 3. The molecule has 1 aliphatic heterocycles. The lowest BCUT2D eigenvalue weighted by Gasteiger charge is -2.22. The van der Waals surface area contributed by atoms with Crippen LogP contribution in [0.1, 0.15) is 29.6 Å². The Labute approximate surface area is 130 Å². The molecule has 1 amide bonds. The van der Waals surface area contributed by atoms with Crippen LogP contribution < -0.4 is 10.6 Å². The van der Waals surface area contributed by atoms with Crippen molar-refractivity contribution in [3.8, 4) is 5.69 Å². The highest BCUT2D eigenvalue weighted by Crippen LogP contribution is 2.13. The first-order chi connectivity index (χ1) is 10.8. The number of piperidine rings is 1. The molecule has 5 nitrogen and oxygen atoms in total. The average Bonchev–Trinajstić information content (AvgIpc) is 3.07. The Balaban J connectivity index is 1.51. The molecule has 0 saturated carbocycles. The molecule has 1 aromatic heterocycles. The summed E-state index contributed by atoms with van der Waals surface area (Å²) >= 11 is 0. The van der Waals surface area contributed by atoms with Crippen LogP contribution in [-0.2, 0) is 0 Å². The second-order valence-electron chi connectivity index (χ2n) is 5.77. The number of carbonyl (C=O) groups excluding carboxylic acids is 1. The third-order valence-electron chi connectivity index (χ3n) is 4.10. The zero-order chi connectivity index (χ0) is 15.2. The van der Waals surface area contributed by atoms with Crippen molar-refractivity contribution in [2.45, 2.75) is 19.3 Å². The number of rotatable bonds is 5. The van der Waals surface area contributed by atoms with Crippen LogP contribution in [0.2, 0.25) is 0 Å². The lowest BCUT2D eigenvalue weighted by molar-refractivity contribution is 0.0950. The molecule has 1 saturated heterocycles. The van der Waals surface area contributed by atoms with E-state index in [0.717, 1.165) is 31.7 Å². The summed E-state index contributed by atoms with van der Waals surface area (Å²) in [4.78, 5) is 12.2.